The number of hydrogen-bond acceptors (Lipinski definition) is 3. The van der Waals surface area contributed by atoms with Crippen molar-refractivity contribution in [2.75, 3.05) is 39.4 Å². The van der Waals surface area contributed by atoms with E-state index >= 15 is 0 Å². The first-order chi connectivity index (χ1) is 19.1. The number of unbranched alkanes of at least 4 members (excludes halogenated alkanes) is 14. The van der Waals surface area contributed by atoms with Gasteiger partial charge >= 0.3 is 0 Å². The Morgan fingerprint density at radius 1 is 0.692 bits per heavy atom. The third-order valence-corrected chi connectivity index (χ3v) is 8.25. The zero-order valence-corrected chi connectivity index (χ0v) is 27.6. The lowest BCUT2D eigenvalue weighted by atomic mass is 10.0. The summed E-state index contributed by atoms with van der Waals surface area (Å²) in [5.74, 6) is 0. The maximum absolute atomic E-state index is 5.24. The summed E-state index contributed by atoms with van der Waals surface area (Å²) >= 11 is 0. The molecule has 3 nitrogen and oxygen atoms in total. The van der Waals surface area contributed by atoms with Crippen molar-refractivity contribution in [2.24, 2.45) is 0 Å². The SMILES string of the molecule is C=C(CCCCCCCCCCCC)CCC(C)NCCCN1CCCCC1.CCCCCCCCOCC. The molecule has 0 radical (unpaired) electrons. The first-order valence-electron chi connectivity index (χ1n) is 17.8. The highest BCUT2D eigenvalue weighted by atomic mass is 16.5. The van der Waals surface area contributed by atoms with Gasteiger partial charge in [-0.25, -0.2) is 0 Å². The average molecular weight is 551 g/mol. The zero-order chi connectivity index (χ0) is 28.7. The predicted octanol–water partition coefficient (Wildman–Crippen LogP) is 10.9. The molecule has 1 atom stereocenters. The molecule has 0 spiro atoms. The summed E-state index contributed by atoms with van der Waals surface area (Å²) in [6, 6.07) is 0.630. The van der Waals surface area contributed by atoms with E-state index in [2.05, 4.69) is 44.5 Å². The van der Waals surface area contributed by atoms with Gasteiger partial charge in [-0.15, -0.1) is 0 Å². The smallest absolute Gasteiger partial charge is 0.0465 e. The Morgan fingerprint density at radius 2 is 1.23 bits per heavy atom. The molecule has 39 heavy (non-hydrogen) atoms. The Morgan fingerprint density at radius 3 is 1.79 bits per heavy atom. The second-order valence-corrected chi connectivity index (χ2v) is 12.3. The molecule has 1 N–H and O–H groups in total. The molecule has 0 amide bonds. The van der Waals surface area contributed by atoms with Gasteiger partial charge in [0.25, 0.3) is 0 Å². The van der Waals surface area contributed by atoms with Gasteiger partial charge in [-0.3, -0.25) is 0 Å². The van der Waals surface area contributed by atoms with Crippen molar-refractivity contribution in [3.63, 3.8) is 0 Å². The van der Waals surface area contributed by atoms with Crippen molar-refractivity contribution in [3.05, 3.63) is 12.2 Å². The average Bonchev–Trinajstić information content (AvgIpc) is 2.95. The molecule has 0 aliphatic carbocycles. The highest BCUT2D eigenvalue weighted by Crippen LogP contribution is 2.16. The third-order valence-electron chi connectivity index (χ3n) is 8.25. The van der Waals surface area contributed by atoms with E-state index in [1.807, 2.05) is 0 Å². The third kappa shape index (κ3) is 30.4. The lowest BCUT2D eigenvalue weighted by Gasteiger charge is -2.26. The van der Waals surface area contributed by atoms with E-state index in [0.29, 0.717) is 6.04 Å². The summed E-state index contributed by atoms with van der Waals surface area (Å²) in [4.78, 5) is 2.64. The van der Waals surface area contributed by atoms with Gasteiger partial charge in [0.2, 0.25) is 0 Å². The fraction of sp³-hybridized carbons (Fsp3) is 0.944. The van der Waals surface area contributed by atoms with E-state index < -0.39 is 0 Å². The Labute approximate surface area is 247 Å². The second-order valence-electron chi connectivity index (χ2n) is 12.3. The highest BCUT2D eigenvalue weighted by Gasteiger charge is 2.09. The number of piperidine rings is 1. The van der Waals surface area contributed by atoms with Crippen molar-refractivity contribution in [1.29, 1.82) is 0 Å². The monoisotopic (exact) mass is 551 g/mol. The molecule has 0 aromatic heterocycles. The van der Waals surface area contributed by atoms with E-state index in [1.54, 1.807) is 0 Å². The van der Waals surface area contributed by atoms with Crippen LogP contribution in [0.15, 0.2) is 12.2 Å². The molecule has 1 rings (SSSR count). The van der Waals surface area contributed by atoms with Gasteiger partial charge in [-0.2, -0.15) is 0 Å². The first-order valence-corrected chi connectivity index (χ1v) is 17.8. The number of hydrogen-bond donors (Lipinski definition) is 1. The molecule has 3 heteroatoms. The minimum absolute atomic E-state index is 0.630. The van der Waals surface area contributed by atoms with Crippen LogP contribution in [-0.2, 0) is 4.74 Å². The molecule has 1 unspecified atom stereocenters. The number of nitrogens with zero attached hydrogens (tertiary/aromatic N) is 1. The number of nitrogens with one attached hydrogen (secondary N) is 1. The first kappa shape index (κ1) is 38.6. The number of rotatable bonds is 27. The Hall–Kier alpha value is -0.380. The highest BCUT2D eigenvalue weighted by molar-refractivity contribution is 4.94. The molecule has 1 aliphatic heterocycles. The minimum Gasteiger partial charge on any atom is -0.382 e. The minimum atomic E-state index is 0.630. The number of allylic oxidation sites excluding steroid dienone is 1. The van der Waals surface area contributed by atoms with Gasteiger partial charge in [0.1, 0.15) is 0 Å². The van der Waals surface area contributed by atoms with E-state index in [0.717, 1.165) is 13.2 Å². The fourth-order valence-electron chi connectivity index (χ4n) is 5.47. The van der Waals surface area contributed by atoms with Gasteiger partial charge < -0.3 is 15.0 Å². The maximum atomic E-state index is 5.24. The van der Waals surface area contributed by atoms with Crippen molar-refractivity contribution < 1.29 is 4.74 Å². The van der Waals surface area contributed by atoms with Crippen LogP contribution in [0.4, 0.5) is 0 Å². The molecular weight excluding hydrogens is 476 g/mol. The van der Waals surface area contributed by atoms with Crippen LogP contribution < -0.4 is 5.32 Å². The Balaban J connectivity index is 0.00000110. The molecule has 1 aliphatic rings. The van der Waals surface area contributed by atoms with E-state index in [4.69, 9.17) is 4.74 Å². The van der Waals surface area contributed by atoms with E-state index in [9.17, 15) is 0 Å². The van der Waals surface area contributed by atoms with Gasteiger partial charge in [0, 0.05) is 19.3 Å². The lowest BCUT2D eigenvalue weighted by molar-refractivity contribution is 0.143. The van der Waals surface area contributed by atoms with E-state index in [1.165, 1.54) is 179 Å². The van der Waals surface area contributed by atoms with Crippen molar-refractivity contribution in [3.8, 4) is 0 Å². The van der Waals surface area contributed by atoms with Gasteiger partial charge in [-0.05, 0) is 91.4 Å². The summed E-state index contributed by atoms with van der Waals surface area (Å²) in [5.41, 5.74) is 1.47. The molecule has 1 heterocycles. The van der Waals surface area contributed by atoms with Crippen LogP contribution in [0, 0.1) is 0 Å². The van der Waals surface area contributed by atoms with Gasteiger partial charge in [0.05, 0.1) is 0 Å². The standard InChI is InChI=1S/C26H52N2.C10H22O/c1-4-5-6-7-8-9-10-11-12-14-18-25(2)19-20-26(3)27-21-17-24-28-22-15-13-16-23-28;1-3-5-6-7-8-9-10-11-4-2/h26-27H,2,4-24H2,1,3H3;3-10H2,1-2H3. The van der Waals surface area contributed by atoms with Crippen molar-refractivity contribution in [1.82, 2.24) is 10.2 Å². The summed E-state index contributed by atoms with van der Waals surface area (Å²) in [6.07, 6.45) is 31.6. The molecule has 1 saturated heterocycles. The Bertz CT molecular complexity index is 467. The topological polar surface area (TPSA) is 24.5 Å². The van der Waals surface area contributed by atoms with Gasteiger partial charge in [-0.1, -0.05) is 122 Å². The fourth-order valence-corrected chi connectivity index (χ4v) is 5.47. The number of likely N-dealkylation sites (tertiary alicyclic amines) is 1. The van der Waals surface area contributed by atoms with Gasteiger partial charge in [0.15, 0.2) is 0 Å². The zero-order valence-electron chi connectivity index (χ0n) is 27.6. The van der Waals surface area contributed by atoms with Crippen LogP contribution in [0.5, 0.6) is 0 Å². The molecule has 0 aromatic rings. The lowest BCUT2D eigenvalue weighted by Crippen LogP contribution is -2.34. The van der Waals surface area contributed by atoms with Crippen LogP contribution in [0.3, 0.4) is 0 Å². The van der Waals surface area contributed by atoms with Crippen LogP contribution in [0.25, 0.3) is 0 Å². The quantitative estimate of drug-likeness (QED) is 0.0813. The molecule has 0 aromatic carbocycles. The Kier molecular flexibility index (Phi) is 31.8. The van der Waals surface area contributed by atoms with E-state index in [-0.39, 0.29) is 0 Å². The number of ether oxygens (including phenoxy) is 1. The summed E-state index contributed by atoms with van der Waals surface area (Å²) in [7, 11) is 0. The second kappa shape index (κ2) is 32.1. The molecular formula is C36H74N2O. The van der Waals surface area contributed by atoms with Crippen LogP contribution in [0.1, 0.15) is 175 Å². The maximum Gasteiger partial charge on any atom is 0.0465 e. The summed E-state index contributed by atoms with van der Waals surface area (Å²) in [5, 5.41) is 3.72. The molecule has 1 fully saturated rings. The van der Waals surface area contributed by atoms with Crippen LogP contribution in [-0.4, -0.2) is 50.3 Å². The van der Waals surface area contributed by atoms with Crippen LogP contribution >= 0.6 is 0 Å². The molecule has 234 valence electrons. The summed E-state index contributed by atoms with van der Waals surface area (Å²) in [6.45, 7) is 20.2. The van der Waals surface area contributed by atoms with Crippen LogP contribution in [0.2, 0.25) is 0 Å². The van der Waals surface area contributed by atoms with Crippen molar-refractivity contribution >= 4 is 0 Å². The predicted molar refractivity (Wildman–Crippen MR) is 177 cm³/mol. The largest absolute Gasteiger partial charge is 0.382 e. The van der Waals surface area contributed by atoms with Crippen molar-refractivity contribution in [2.45, 2.75) is 181 Å². The normalized spacial score (nSPS) is 14.7. The molecule has 0 bridgehead atoms. The summed E-state index contributed by atoms with van der Waals surface area (Å²) < 4.78 is 5.24. The molecule has 0 saturated carbocycles.